The minimum Gasteiger partial charge on any atom is -0.363 e. The Morgan fingerprint density at radius 2 is 1.96 bits per heavy atom. The van der Waals surface area contributed by atoms with E-state index in [0.29, 0.717) is 18.9 Å². The van der Waals surface area contributed by atoms with E-state index in [1.807, 2.05) is 18.4 Å². The molecule has 1 aliphatic heterocycles. The monoisotopic (exact) mass is 408 g/mol. The zero-order chi connectivity index (χ0) is 19.6. The number of nitrogens with zero attached hydrogens (tertiary/aromatic N) is 3. The summed E-state index contributed by atoms with van der Waals surface area (Å²) in [6, 6.07) is 5.74. The average Bonchev–Trinajstić information content (AvgIpc) is 3.03. The van der Waals surface area contributed by atoms with Crippen molar-refractivity contribution >= 4 is 27.2 Å². The summed E-state index contributed by atoms with van der Waals surface area (Å²) in [4.78, 5) is 9.40. The Hall–Kier alpha value is -1.48. The van der Waals surface area contributed by atoms with Gasteiger partial charge in [-0.3, -0.25) is 0 Å². The number of piperazine rings is 1. The molecule has 3 heterocycles. The molecule has 0 saturated carbocycles. The van der Waals surface area contributed by atoms with Crippen molar-refractivity contribution in [3.05, 3.63) is 39.7 Å². The van der Waals surface area contributed by atoms with E-state index in [-0.39, 0.29) is 10.9 Å². The van der Waals surface area contributed by atoms with Crippen molar-refractivity contribution in [2.45, 2.75) is 38.1 Å². The highest BCUT2D eigenvalue weighted by molar-refractivity contribution is 7.89. The molecule has 27 heavy (non-hydrogen) atoms. The van der Waals surface area contributed by atoms with Gasteiger partial charge in [0.25, 0.3) is 0 Å². The van der Waals surface area contributed by atoms with Crippen LogP contribution in [0.2, 0.25) is 0 Å². The first-order valence-corrected chi connectivity index (χ1v) is 11.6. The molecule has 0 aliphatic carbocycles. The molecule has 0 amide bonds. The van der Waals surface area contributed by atoms with Gasteiger partial charge in [-0.2, -0.15) is 4.31 Å². The van der Waals surface area contributed by atoms with Crippen molar-refractivity contribution in [2.24, 2.45) is 0 Å². The first-order chi connectivity index (χ1) is 12.8. The largest absolute Gasteiger partial charge is 0.363 e. The number of pyridine rings is 1. The number of nitrogens with one attached hydrogen (secondary N) is 1. The Labute approximate surface area is 166 Å². The van der Waals surface area contributed by atoms with Crippen LogP contribution in [0.1, 0.15) is 35.2 Å². The van der Waals surface area contributed by atoms with Crippen molar-refractivity contribution in [1.29, 1.82) is 0 Å². The Bertz CT molecular complexity index is 870. The number of hydrogen-bond donors (Lipinski definition) is 1. The van der Waals surface area contributed by atoms with Crippen LogP contribution in [0.4, 0.5) is 5.82 Å². The molecule has 3 rings (SSSR count). The smallest absolute Gasteiger partial charge is 0.244 e. The van der Waals surface area contributed by atoms with E-state index in [4.69, 9.17) is 0 Å². The molecule has 1 N–H and O–H groups in total. The number of aryl methyl sites for hydroxylation is 2. The lowest BCUT2D eigenvalue weighted by Crippen LogP contribution is -2.47. The Kier molecular flexibility index (Phi) is 6.20. The molecule has 2 aromatic rings. The first-order valence-electron chi connectivity index (χ1n) is 9.31. The third kappa shape index (κ3) is 4.51. The summed E-state index contributed by atoms with van der Waals surface area (Å²) in [5, 5.41) is 3.37. The normalized spacial score (nSPS) is 17.8. The second-order valence-electron chi connectivity index (χ2n) is 7.06. The standard InChI is InChI=1S/C19H28N4O2S2/c1-5-17-14(2)12-18(26-17)15(3)21-19-7-6-16(13-20-19)27(24,25)23-10-8-22(4)9-11-23/h6-7,12-13,15H,5,8-11H2,1-4H3,(H,20,21). The fourth-order valence-electron chi connectivity index (χ4n) is 3.20. The van der Waals surface area contributed by atoms with Gasteiger partial charge in [-0.25, -0.2) is 13.4 Å². The van der Waals surface area contributed by atoms with Crippen LogP contribution in [0.25, 0.3) is 0 Å². The van der Waals surface area contributed by atoms with Gasteiger partial charge in [0.2, 0.25) is 10.0 Å². The number of aromatic nitrogens is 1. The third-order valence-electron chi connectivity index (χ3n) is 4.99. The lowest BCUT2D eigenvalue weighted by molar-refractivity contribution is 0.222. The molecule has 0 spiro atoms. The molecule has 0 aromatic carbocycles. The average molecular weight is 409 g/mol. The number of sulfonamides is 1. The fourth-order valence-corrected chi connectivity index (χ4v) is 5.69. The number of rotatable bonds is 6. The van der Waals surface area contributed by atoms with E-state index in [1.54, 1.807) is 16.4 Å². The molecule has 8 heteroatoms. The maximum atomic E-state index is 12.8. The second kappa shape index (κ2) is 8.26. The molecule has 1 aliphatic rings. The van der Waals surface area contributed by atoms with Gasteiger partial charge in [0.05, 0.1) is 6.04 Å². The number of anilines is 1. The minimum atomic E-state index is -3.47. The topological polar surface area (TPSA) is 65.5 Å². The maximum absolute atomic E-state index is 12.8. The van der Waals surface area contributed by atoms with Crippen molar-refractivity contribution < 1.29 is 8.42 Å². The van der Waals surface area contributed by atoms with Crippen LogP contribution in [-0.4, -0.2) is 55.8 Å². The predicted octanol–water partition coefficient (Wildman–Crippen LogP) is 3.12. The molecular weight excluding hydrogens is 380 g/mol. The van der Waals surface area contributed by atoms with Gasteiger partial charge in [0.15, 0.2) is 0 Å². The Morgan fingerprint density at radius 1 is 1.26 bits per heavy atom. The molecule has 0 radical (unpaired) electrons. The summed E-state index contributed by atoms with van der Waals surface area (Å²) >= 11 is 1.82. The summed E-state index contributed by atoms with van der Waals surface area (Å²) in [6.45, 7) is 8.96. The van der Waals surface area contributed by atoms with Gasteiger partial charge in [-0.05, 0) is 51.1 Å². The molecule has 1 atom stereocenters. The minimum absolute atomic E-state index is 0.126. The molecule has 6 nitrogen and oxygen atoms in total. The van der Waals surface area contributed by atoms with Gasteiger partial charge in [-0.1, -0.05) is 6.92 Å². The molecule has 0 bridgehead atoms. The summed E-state index contributed by atoms with van der Waals surface area (Å²) in [5.74, 6) is 0.684. The summed E-state index contributed by atoms with van der Waals surface area (Å²) in [5.41, 5.74) is 1.33. The van der Waals surface area contributed by atoms with Gasteiger partial charge in [0.1, 0.15) is 10.7 Å². The van der Waals surface area contributed by atoms with E-state index < -0.39 is 10.0 Å². The third-order valence-corrected chi connectivity index (χ3v) is 8.43. The summed E-state index contributed by atoms with van der Waals surface area (Å²) in [7, 11) is -1.46. The highest BCUT2D eigenvalue weighted by Crippen LogP contribution is 2.29. The lowest BCUT2D eigenvalue weighted by atomic mass is 10.2. The number of thiophene rings is 1. The van der Waals surface area contributed by atoms with Crippen LogP contribution in [0.3, 0.4) is 0 Å². The van der Waals surface area contributed by atoms with Crippen LogP contribution >= 0.6 is 11.3 Å². The maximum Gasteiger partial charge on any atom is 0.244 e. The molecule has 1 saturated heterocycles. The highest BCUT2D eigenvalue weighted by Gasteiger charge is 2.27. The highest BCUT2D eigenvalue weighted by atomic mass is 32.2. The summed E-state index contributed by atoms with van der Waals surface area (Å²) in [6.07, 6.45) is 2.50. The number of likely N-dealkylation sites (N-methyl/N-ethyl adjacent to an activating group) is 1. The molecule has 148 valence electrons. The van der Waals surface area contributed by atoms with Crippen molar-refractivity contribution in [2.75, 3.05) is 38.5 Å². The predicted molar refractivity (Wildman–Crippen MR) is 111 cm³/mol. The quantitative estimate of drug-likeness (QED) is 0.796. The first kappa shape index (κ1) is 20.3. The molecular formula is C19H28N4O2S2. The van der Waals surface area contributed by atoms with E-state index in [2.05, 4.69) is 42.0 Å². The van der Waals surface area contributed by atoms with Gasteiger partial charge in [0, 0.05) is 42.1 Å². The Morgan fingerprint density at radius 3 is 2.52 bits per heavy atom. The number of hydrogen-bond acceptors (Lipinski definition) is 6. The van der Waals surface area contributed by atoms with E-state index >= 15 is 0 Å². The molecule has 1 fully saturated rings. The van der Waals surface area contributed by atoms with Gasteiger partial charge >= 0.3 is 0 Å². The van der Waals surface area contributed by atoms with Crippen LogP contribution in [0, 0.1) is 6.92 Å². The lowest BCUT2D eigenvalue weighted by Gasteiger charge is -2.31. The van der Waals surface area contributed by atoms with Gasteiger partial charge < -0.3 is 10.2 Å². The van der Waals surface area contributed by atoms with Crippen LogP contribution in [-0.2, 0) is 16.4 Å². The zero-order valence-electron chi connectivity index (χ0n) is 16.4. The van der Waals surface area contributed by atoms with E-state index in [9.17, 15) is 8.42 Å². The van der Waals surface area contributed by atoms with E-state index in [1.165, 1.54) is 21.5 Å². The van der Waals surface area contributed by atoms with Crippen molar-refractivity contribution in [1.82, 2.24) is 14.2 Å². The van der Waals surface area contributed by atoms with E-state index in [0.717, 1.165) is 19.5 Å². The van der Waals surface area contributed by atoms with Crippen LogP contribution < -0.4 is 5.32 Å². The zero-order valence-corrected chi connectivity index (χ0v) is 18.0. The van der Waals surface area contributed by atoms with Crippen LogP contribution in [0.15, 0.2) is 29.3 Å². The van der Waals surface area contributed by atoms with Crippen LogP contribution in [0.5, 0.6) is 0 Å². The van der Waals surface area contributed by atoms with Crippen molar-refractivity contribution in [3.8, 4) is 0 Å². The van der Waals surface area contributed by atoms with Gasteiger partial charge in [-0.15, -0.1) is 11.3 Å². The fraction of sp³-hybridized carbons (Fsp3) is 0.526. The summed E-state index contributed by atoms with van der Waals surface area (Å²) < 4.78 is 27.1. The second-order valence-corrected chi connectivity index (χ2v) is 10.2. The van der Waals surface area contributed by atoms with Crippen molar-refractivity contribution in [3.63, 3.8) is 0 Å². The molecule has 1 unspecified atom stereocenters. The SMILES string of the molecule is CCc1sc(C(C)Nc2ccc(S(=O)(=O)N3CCN(C)CC3)cn2)cc1C. The molecule has 2 aromatic heterocycles. The Balaban J connectivity index is 1.69.